The van der Waals surface area contributed by atoms with Gasteiger partial charge in [-0.3, -0.25) is 4.79 Å². The smallest absolute Gasteiger partial charge is 0.221 e. The predicted molar refractivity (Wildman–Crippen MR) is 58.0 cm³/mol. The molecule has 0 aliphatic rings. The fourth-order valence-corrected chi connectivity index (χ4v) is 1.24. The molecule has 0 unspecified atom stereocenters. The van der Waals surface area contributed by atoms with Gasteiger partial charge in [-0.25, -0.2) is 0 Å². The van der Waals surface area contributed by atoms with Crippen molar-refractivity contribution in [3.05, 3.63) is 12.2 Å². The summed E-state index contributed by atoms with van der Waals surface area (Å²) in [6, 6.07) is 0. The zero-order valence-electron chi connectivity index (χ0n) is 8.39. The third-order valence-electron chi connectivity index (χ3n) is 1.87. The summed E-state index contributed by atoms with van der Waals surface area (Å²) in [7, 11) is 0. The van der Waals surface area contributed by atoms with Crippen LogP contribution in [0.4, 0.5) is 0 Å². The molecular formula is C11H19ClO. The number of allylic oxidation sites excluding steroid dienone is 2. The van der Waals surface area contributed by atoms with Gasteiger partial charge in [-0.1, -0.05) is 31.9 Å². The standard InChI is InChI=1S/C11H19ClO/c1-2-3-4-5-6-7-8-9-10-11(12)13/h4-5H,2-3,6-10H2,1H3/b5-4-. The Morgan fingerprint density at radius 1 is 1.15 bits per heavy atom. The van der Waals surface area contributed by atoms with E-state index in [2.05, 4.69) is 19.1 Å². The molecule has 0 rings (SSSR count). The van der Waals surface area contributed by atoms with Crippen LogP contribution < -0.4 is 0 Å². The lowest BCUT2D eigenvalue weighted by molar-refractivity contribution is -0.111. The Kier molecular flexibility index (Phi) is 9.56. The van der Waals surface area contributed by atoms with Crippen LogP contribution in [0.1, 0.15) is 51.9 Å². The topological polar surface area (TPSA) is 17.1 Å². The maximum atomic E-state index is 10.4. The molecule has 0 atom stereocenters. The monoisotopic (exact) mass is 202 g/mol. The Bertz CT molecular complexity index is 152. The molecule has 0 amide bonds. The van der Waals surface area contributed by atoms with E-state index in [1.165, 1.54) is 19.3 Å². The first-order chi connectivity index (χ1) is 6.27. The predicted octanol–water partition coefficient (Wildman–Crippen LogP) is 4.06. The van der Waals surface area contributed by atoms with Gasteiger partial charge in [0.1, 0.15) is 0 Å². The first kappa shape index (κ1) is 12.7. The van der Waals surface area contributed by atoms with Crippen molar-refractivity contribution < 1.29 is 4.79 Å². The first-order valence-electron chi connectivity index (χ1n) is 5.10. The fourth-order valence-electron chi connectivity index (χ4n) is 1.11. The van der Waals surface area contributed by atoms with Crippen molar-refractivity contribution in [2.24, 2.45) is 0 Å². The minimum atomic E-state index is -0.207. The molecule has 0 N–H and O–H groups in total. The van der Waals surface area contributed by atoms with Crippen LogP contribution in [0.5, 0.6) is 0 Å². The van der Waals surface area contributed by atoms with Crippen LogP contribution >= 0.6 is 11.6 Å². The quantitative estimate of drug-likeness (QED) is 0.330. The second-order valence-electron chi connectivity index (χ2n) is 3.21. The van der Waals surface area contributed by atoms with Gasteiger partial charge < -0.3 is 0 Å². The van der Waals surface area contributed by atoms with Crippen LogP contribution in [0.2, 0.25) is 0 Å². The maximum Gasteiger partial charge on any atom is 0.221 e. The fraction of sp³-hybridized carbons (Fsp3) is 0.727. The number of hydrogen-bond acceptors (Lipinski definition) is 1. The second-order valence-corrected chi connectivity index (χ2v) is 3.64. The van der Waals surface area contributed by atoms with Gasteiger partial charge in [0.05, 0.1) is 0 Å². The van der Waals surface area contributed by atoms with Crippen molar-refractivity contribution in [1.82, 2.24) is 0 Å². The van der Waals surface area contributed by atoms with Gasteiger partial charge in [0, 0.05) is 6.42 Å². The molecule has 76 valence electrons. The van der Waals surface area contributed by atoms with Crippen molar-refractivity contribution in [3.63, 3.8) is 0 Å². The SMILES string of the molecule is CCC/C=C\CCCCCC(=O)Cl. The number of rotatable bonds is 8. The maximum absolute atomic E-state index is 10.4. The van der Waals surface area contributed by atoms with Gasteiger partial charge in [-0.15, -0.1) is 0 Å². The van der Waals surface area contributed by atoms with Crippen LogP contribution in [-0.4, -0.2) is 5.24 Å². The molecule has 0 fully saturated rings. The first-order valence-corrected chi connectivity index (χ1v) is 5.48. The molecule has 0 spiro atoms. The molecule has 0 aliphatic carbocycles. The summed E-state index contributed by atoms with van der Waals surface area (Å²) in [5.41, 5.74) is 0. The Morgan fingerprint density at radius 2 is 1.85 bits per heavy atom. The zero-order valence-corrected chi connectivity index (χ0v) is 9.15. The molecule has 1 nitrogen and oxygen atoms in total. The van der Waals surface area contributed by atoms with Gasteiger partial charge >= 0.3 is 0 Å². The largest absolute Gasteiger partial charge is 0.281 e. The molecule has 0 bridgehead atoms. The highest BCUT2D eigenvalue weighted by Crippen LogP contribution is 2.05. The highest BCUT2D eigenvalue weighted by atomic mass is 35.5. The second kappa shape index (κ2) is 9.79. The van der Waals surface area contributed by atoms with E-state index >= 15 is 0 Å². The summed E-state index contributed by atoms with van der Waals surface area (Å²) in [6.45, 7) is 2.18. The Balaban J connectivity index is 3.03. The Labute approximate surface area is 86.2 Å². The average Bonchev–Trinajstić information content (AvgIpc) is 2.09. The van der Waals surface area contributed by atoms with E-state index in [-0.39, 0.29) is 5.24 Å². The van der Waals surface area contributed by atoms with Crippen LogP contribution in [-0.2, 0) is 4.79 Å². The molecule has 0 saturated carbocycles. The van der Waals surface area contributed by atoms with Gasteiger partial charge in [0.15, 0.2) is 0 Å². The van der Waals surface area contributed by atoms with Crippen molar-refractivity contribution in [2.75, 3.05) is 0 Å². The van der Waals surface area contributed by atoms with Crippen LogP contribution in [0.25, 0.3) is 0 Å². The molecule has 0 aliphatic heterocycles. The minimum absolute atomic E-state index is 0.207. The molecule has 0 aromatic heterocycles. The van der Waals surface area contributed by atoms with Crippen molar-refractivity contribution >= 4 is 16.8 Å². The van der Waals surface area contributed by atoms with Crippen molar-refractivity contribution in [1.29, 1.82) is 0 Å². The highest BCUT2D eigenvalue weighted by molar-refractivity contribution is 6.63. The van der Waals surface area contributed by atoms with E-state index in [1.807, 2.05) is 0 Å². The Morgan fingerprint density at radius 3 is 2.46 bits per heavy atom. The average molecular weight is 203 g/mol. The molecule has 0 aromatic carbocycles. The summed E-state index contributed by atoms with van der Waals surface area (Å²) in [6.07, 6.45) is 11.7. The summed E-state index contributed by atoms with van der Waals surface area (Å²) < 4.78 is 0. The molecular weight excluding hydrogens is 184 g/mol. The van der Waals surface area contributed by atoms with Gasteiger partial charge in [0.25, 0.3) is 0 Å². The Hall–Kier alpha value is -0.300. The van der Waals surface area contributed by atoms with Gasteiger partial charge in [-0.2, -0.15) is 0 Å². The third-order valence-corrected chi connectivity index (χ3v) is 2.06. The van der Waals surface area contributed by atoms with E-state index < -0.39 is 0 Å². The van der Waals surface area contributed by atoms with Gasteiger partial charge in [0.2, 0.25) is 5.24 Å². The number of carbonyl (C=O) groups excluding carboxylic acids is 1. The lowest BCUT2D eigenvalue weighted by atomic mass is 10.1. The third kappa shape index (κ3) is 11.7. The lowest BCUT2D eigenvalue weighted by Gasteiger charge is -1.94. The van der Waals surface area contributed by atoms with E-state index in [0.717, 1.165) is 19.3 Å². The number of unbranched alkanes of at least 4 members (excludes halogenated alkanes) is 4. The van der Waals surface area contributed by atoms with Crippen LogP contribution in [0.3, 0.4) is 0 Å². The summed E-state index contributed by atoms with van der Waals surface area (Å²) in [4.78, 5) is 10.4. The molecule has 0 saturated heterocycles. The van der Waals surface area contributed by atoms with Crippen molar-refractivity contribution in [2.45, 2.75) is 51.9 Å². The summed E-state index contributed by atoms with van der Waals surface area (Å²) in [5.74, 6) is 0. The summed E-state index contributed by atoms with van der Waals surface area (Å²) >= 11 is 5.21. The molecule has 2 heteroatoms. The number of carbonyl (C=O) groups is 1. The zero-order chi connectivity index (χ0) is 9.94. The minimum Gasteiger partial charge on any atom is -0.281 e. The highest BCUT2D eigenvalue weighted by Gasteiger charge is 1.94. The summed E-state index contributed by atoms with van der Waals surface area (Å²) in [5, 5.41) is -0.207. The lowest BCUT2D eigenvalue weighted by Crippen LogP contribution is -1.85. The van der Waals surface area contributed by atoms with Crippen LogP contribution in [0.15, 0.2) is 12.2 Å². The van der Waals surface area contributed by atoms with E-state index in [0.29, 0.717) is 6.42 Å². The number of halogens is 1. The molecule has 0 radical (unpaired) electrons. The van der Waals surface area contributed by atoms with Crippen LogP contribution in [0, 0.1) is 0 Å². The van der Waals surface area contributed by atoms with Gasteiger partial charge in [-0.05, 0) is 37.3 Å². The number of hydrogen-bond donors (Lipinski definition) is 0. The van der Waals surface area contributed by atoms with E-state index in [9.17, 15) is 4.79 Å². The molecule has 13 heavy (non-hydrogen) atoms. The van der Waals surface area contributed by atoms with E-state index in [4.69, 9.17) is 11.6 Å². The normalized spacial score (nSPS) is 10.9. The molecule has 0 heterocycles. The molecule has 0 aromatic rings. The van der Waals surface area contributed by atoms with E-state index in [1.54, 1.807) is 0 Å². The van der Waals surface area contributed by atoms with Crippen molar-refractivity contribution in [3.8, 4) is 0 Å².